The van der Waals surface area contributed by atoms with Crippen molar-refractivity contribution in [2.24, 2.45) is 0 Å². The van der Waals surface area contributed by atoms with Gasteiger partial charge in [0.2, 0.25) is 0 Å². The molecule has 4 aromatic rings. The number of fused-ring (bicyclic) bond motifs is 2. The van der Waals surface area contributed by atoms with Crippen molar-refractivity contribution < 1.29 is 32.2 Å². The van der Waals surface area contributed by atoms with Gasteiger partial charge in [-0.2, -0.15) is 13.2 Å². The fourth-order valence-corrected chi connectivity index (χ4v) is 4.88. The molecule has 0 saturated carbocycles. The number of rotatable bonds is 6. The summed E-state index contributed by atoms with van der Waals surface area (Å²) in [6, 6.07) is 21.2. The van der Waals surface area contributed by atoms with Gasteiger partial charge >= 0.3 is 6.18 Å². The molecule has 0 aliphatic carbocycles. The molecule has 4 aromatic carbocycles. The third-order valence-corrected chi connectivity index (χ3v) is 6.83. The smallest absolute Gasteiger partial charge is 0.416 e. The number of benzene rings is 4. The summed E-state index contributed by atoms with van der Waals surface area (Å²) in [5, 5.41) is 1.97. The van der Waals surface area contributed by atoms with E-state index in [0.717, 1.165) is 34.0 Å². The van der Waals surface area contributed by atoms with Crippen LogP contribution in [0.2, 0.25) is 0 Å². The maximum atomic E-state index is 13.8. The summed E-state index contributed by atoms with van der Waals surface area (Å²) >= 11 is 0. The normalized spacial score (nSPS) is 15.2. The number of ether oxygens (including phenoxy) is 3. The highest BCUT2D eigenvalue weighted by Gasteiger charge is 2.34. The van der Waals surface area contributed by atoms with E-state index < -0.39 is 17.8 Å². The molecule has 1 atom stereocenters. The Morgan fingerprint density at radius 3 is 2.37 bits per heavy atom. The summed E-state index contributed by atoms with van der Waals surface area (Å²) in [4.78, 5) is 15.5. The van der Waals surface area contributed by atoms with Crippen molar-refractivity contribution in [3.63, 3.8) is 0 Å². The number of nitrogens with zero attached hydrogens (tertiary/aromatic N) is 1. The van der Waals surface area contributed by atoms with E-state index in [-0.39, 0.29) is 18.3 Å². The summed E-state index contributed by atoms with van der Waals surface area (Å²) in [7, 11) is 3.08. The molecule has 196 valence electrons. The number of alkyl halides is 3. The highest BCUT2D eigenvalue weighted by molar-refractivity contribution is 5.99. The van der Waals surface area contributed by atoms with Crippen molar-refractivity contribution in [2.45, 2.75) is 18.6 Å². The third kappa shape index (κ3) is 4.98. The summed E-state index contributed by atoms with van der Waals surface area (Å²) in [6.07, 6.45) is -3.91. The molecule has 5 rings (SSSR count). The lowest BCUT2D eigenvalue weighted by Gasteiger charge is -2.37. The van der Waals surface area contributed by atoms with Gasteiger partial charge in [-0.1, -0.05) is 36.4 Å². The standard InChI is InChI=1S/C30H26F3NO4/c1-36-27-15-21-12-13-34(29(35)22-11-10-19-6-3-4-7-20(19)14-22)26(25(21)17-28(27)37-2)18-38-24-9-5-8-23(16-24)30(31,32)33/h3-11,14-17,26H,12-13,18H2,1-2H3. The van der Waals surface area contributed by atoms with E-state index in [1.54, 1.807) is 18.1 Å². The molecule has 1 aliphatic heterocycles. The zero-order valence-corrected chi connectivity index (χ0v) is 20.9. The van der Waals surface area contributed by atoms with Crippen LogP contribution >= 0.6 is 0 Å². The SMILES string of the molecule is COc1cc2c(cc1OC)C(COc1cccc(C(F)(F)F)c1)N(C(=O)c1ccc3ccccc3c1)CC2. The molecule has 0 spiro atoms. The fraction of sp³-hybridized carbons (Fsp3) is 0.233. The van der Waals surface area contributed by atoms with Gasteiger partial charge in [0.25, 0.3) is 5.91 Å². The molecule has 38 heavy (non-hydrogen) atoms. The first-order valence-electron chi connectivity index (χ1n) is 12.1. The van der Waals surface area contributed by atoms with Crippen LogP contribution in [0.5, 0.6) is 17.2 Å². The van der Waals surface area contributed by atoms with Crippen LogP contribution in [0.1, 0.15) is 33.1 Å². The number of carbonyl (C=O) groups is 1. The van der Waals surface area contributed by atoms with Gasteiger partial charge in [0.1, 0.15) is 12.4 Å². The van der Waals surface area contributed by atoms with Crippen LogP contribution in [0.3, 0.4) is 0 Å². The largest absolute Gasteiger partial charge is 0.493 e. The lowest BCUT2D eigenvalue weighted by atomic mass is 9.91. The fourth-order valence-electron chi connectivity index (χ4n) is 4.88. The average molecular weight is 522 g/mol. The second kappa shape index (κ2) is 10.3. The summed E-state index contributed by atoms with van der Waals surface area (Å²) in [5.74, 6) is 0.952. The molecule has 1 aliphatic rings. The number of halogens is 3. The highest BCUT2D eigenvalue weighted by atomic mass is 19.4. The third-order valence-electron chi connectivity index (χ3n) is 6.83. The number of methoxy groups -OCH3 is 2. The van der Waals surface area contributed by atoms with Crippen molar-refractivity contribution in [2.75, 3.05) is 27.4 Å². The van der Waals surface area contributed by atoms with E-state index in [1.807, 2.05) is 48.5 Å². The Kier molecular flexibility index (Phi) is 6.89. The van der Waals surface area contributed by atoms with Crippen molar-refractivity contribution in [3.8, 4) is 17.2 Å². The number of carbonyl (C=O) groups excluding carboxylic acids is 1. The van der Waals surface area contributed by atoms with Crippen LogP contribution in [0, 0.1) is 0 Å². The minimum Gasteiger partial charge on any atom is -0.493 e. The Hall–Kier alpha value is -4.20. The molecule has 0 radical (unpaired) electrons. The first-order valence-corrected chi connectivity index (χ1v) is 12.1. The van der Waals surface area contributed by atoms with Gasteiger partial charge in [0.15, 0.2) is 11.5 Å². The van der Waals surface area contributed by atoms with Crippen LogP contribution in [0.4, 0.5) is 13.2 Å². The molecule has 1 amide bonds. The highest BCUT2D eigenvalue weighted by Crippen LogP contribution is 2.39. The summed E-state index contributed by atoms with van der Waals surface area (Å²) in [6.45, 7) is 0.369. The quantitative estimate of drug-likeness (QED) is 0.284. The van der Waals surface area contributed by atoms with Gasteiger partial charge < -0.3 is 19.1 Å². The van der Waals surface area contributed by atoms with E-state index >= 15 is 0 Å². The number of amides is 1. The molecule has 0 bridgehead atoms. The van der Waals surface area contributed by atoms with E-state index in [0.29, 0.717) is 30.0 Å². The minimum atomic E-state index is -4.49. The Bertz CT molecular complexity index is 1480. The zero-order valence-electron chi connectivity index (χ0n) is 20.9. The first kappa shape index (κ1) is 25.4. The summed E-state index contributed by atoms with van der Waals surface area (Å²) in [5.41, 5.74) is 1.49. The van der Waals surface area contributed by atoms with Crippen LogP contribution in [0.25, 0.3) is 10.8 Å². The van der Waals surface area contributed by atoms with Crippen LogP contribution in [-0.2, 0) is 12.6 Å². The van der Waals surface area contributed by atoms with E-state index in [4.69, 9.17) is 14.2 Å². The number of hydrogen-bond donors (Lipinski definition) is 0. The Labute approximate surface area is 218 Å². The van der Waals surface area contributed by atoms with Crippen molar-refractivity contribution in [1.29, 1.82) is 0 Å². The first-order chi connectivity index (χ1) is 18.3. The van der Waals surface area contributed by atoms with Crippen molar-refractivity contribution in [1.82, 2.24) is 4.90 Å². The molecule has 8 heteroatoms. The van der Waals surface area contributed by atoms with Gasteiger partial charge in [-0.15, -0.1) is 0 Å². The predicted molar refractivity (Wildman–Crippen MR) is 138 cm³/mol. The molecular formula is C30H26F3NO4. The molecule has 1 unspecified atom stereocenters. The topological polar surface area (TPSA) is 48.0 Å². The maximum absolute atomic E-state index is 13.8. The van der Waals surface area contributed by atoms with Crippen LogP contribution in [-0.4, -0.2) is 38.2 Å². The average Bonchev–Trinajstić information content (AvgIpc) is 2.94. The molecule has 1 heterocycles. The monoisotopic (exact) mass is 521 g/mol. The predicted octanol–water partition coefficient (Wildman–Crippen LogP) is 6.69. The molecular weight excluding hydrogens is 495 g/mol. The van der Waals surface area contributed by atoms with Crippen molar-refractivity contribution >= 4 is 16.7 Å². The molecule has 0 aromatic heterocycles. The molecule has 0 N–H and O–H groups in total. The minimum absolute atomic E-state index is 0.0386. The van der Waals surface area contributed by atoms with Gasteiger partial charge in [-0.3, -0.25) is 4.79 Å². The van der Waals surface area contributed by atoms with E-state index in [2.05, 4.69) is 0 Å². The molecule has 0 saturated heterocycles. The van der Waals surface area contributed by atoms with Crippen LogP contribution < -0.4 is 14.2 Å². The van der Waals surface area contributed by atoms with Gasteiger partial charge in [-0.05, 0) is 70.8 Å². The van der Waals surface area contributed by atoms with Crippen LogP contribution in [0.15, 0.2) is 78.9 Å². The Morgan fingerprint density at radius 1 is 0.895 bits per heavy atom. The van der Waals surface area contributed by atoms with Gasteiger partial charge in [-0.25, -0.2) is 0 Å². The number of hydrogen-bond acceptors (Lipinski definition) is 4. The second-order valence-corrected chi connectivity index (χ2v) is 9.07. The molecule has 5 nitrogen and oxygen atoms in total. The molecule has 0 fully saturated rings. The van der Waals surface area contributed by atoms with Gasteiger partial charge in [0.05, 0.1) is 25.8 Å². The second-order valence-electron chi connectivity index (χ2n) is 9.07. The van der Waals surface area contributed by atoms with E-state index in [1.165, 1.54) is 19.2 Å². The van der Waals surface area contributed by atoms with E-state index in [9.17, 15) is 18.0 Å². The lowest BCUT2D eigenvalue weighted by Crippen LogP contribution is -2.42. The summed E-state index contributed by atoms with van der Waals surface area (Å²) < 4.78 is 56.6. The van der Waals surface area contributed by atoms with Crippen molar-refractivity contribution in [3.05, 3.63) is 101 Å². The zero-order chi connectivity index (χ0) is 26.9. The Balaban J connectivity index is 1.51. The maximum Gasteiger partial charge on any atom is 0.416 e. The Morgan fingerprint density at radius 2 is 1.63 bits per heavy atom. The lowest BCUT2D eigenvalue weighted by molar-refractivity contribution is -0.137. The van der Waals surface area contributed by atoms with Gasteiger partial charge in [0, 0.05) is 12.1 Å².